The van der Waals surface area contributed by atoms with E-state index in [9.17, 15) is 4.79 Å². The third-order valence-corrected chi connectivity index (χ3v) is 3.59. The van der Waals surface area contributed by atoms with E-state index in [4.69, 9.17) is 10.5 Å². The molecular formula is C14H21N3O2. The fourth-order valence-electron chi connectivity index (χ4n) is 2.55. The fourth-order valence-corrected chi connectivity index (χ4v) is 2.55. The molecule has 2 rings (SSSR count). The minimum atomic E-state index is -0.0993. The van der Waals surface area contributed by atoms with Crippen molar-refractivity contribution in [3.05, 3.63) is 23.4 Å². The third-order valence-electron chi connectivity index (χ3n) is 3.59. The Morgan fingerprint density at radius 3 is 3.00 bits per heavy atom. The molecule has 1 amide bonds. The Hall–Kier alpha value is -1.62. The first kappa shape index (κ1) is 13.8. The van der Waals surface area contributed by atoms with Gasteiger partial charge in [-0.3, -0.25) is 4.79 Å². The van der Waals surface area contributed by atoms with E-state index in [-0.39, 0.29) is 18.1 Å². The van der Waals surface area contributed by atoms with Crippen LogP contribution in [0.25, 0.3) is 0 Å². The zero-order valence-corrected chi connectivity index (χ0v) is 11.5. The first-order valence-corrected chi connectivity index (χ1v) is 6.74. The molecule has 2 unspecified atom stereocenters. The van der Waals surface area contributed by atoms with Gasteiger partial charge in [-0.1, -0.05) is 6.92 Å². The van der Waals surface area contributed by atoms with Crippen LogP contribution in [-0.2, 0) is 11.2 Å². The molecule has 3 N–H and O–H groups in total. The highest BCUT2D eigenvalue weighted by atomic mass is 16.5. The van der Waals surface area contributed by atoms with E-state index in [1.807, 2.05) is 6.92 Å². The molecule has 1 aromatic heterocycles. The Bertz CT molecular complexity index is 462. The lowest BCUT2D eigenvalue weighted by atomic mass is 10.1. The van der Waals surface area contributed by atoms with Crippen molar-refractivity contribution in [3.8, 4) is 0 Å². The van der Waals surface area contributed by atoms with Gasteiger partial charge in [-0.15, -0.1) is 0 Å². The second-order valence-corrected chi connectivity index (χ2v) is 4.91. The van der Waals surface area contributed by atoms with Gasteiger partial charge in [0.25, 0.3) is 5.91 Å². The van der Waals surface area contributed by atoms with Crippen molar-refractivity contribution >= 4 is 11.7 Å². The quantitative estimate of drug-likeness (QED) is 0.863. The predicted octanol–water partition coefficient (Wildman–Crippen LogP) is 1.52. The van der Waals surface area contributed by atoms with Crippen LogP contribution in [-0.4, -0.2) is 30.1 Å². The lowest BCUT2D eigenvalue weighted by Crippen LogP contribution is -2.40. The SMILES string of the molecule is CCc1cc(C(=O)NC2CCCC2OC)cc(N)n1. The van der Waals surface area contributed by atoms with Crippen LogP contribution in [0.5, 0.6) is 0 Å². The number of aryl methyl sites for hydroxylation is 1. The molecule has 1 aliphatic carbocycles. The van der Waals surface area contributed by atoms with Gasteiger partial charge >= 0.3 is 0 Å². The summed E-state index contributed by atoms with van der Waals surface area (Å²) in [6.45, 7) is 1.99. The van der Waals surface area contributed by atoms with Crippen LogP contribution in [0.2, 0.25) is 0 Å². The van der Waals surface area contributed by atoms with Crippen LogP contribution in [0, 0.1) is 0 Å². The van der Waals surface area contributed by atoms with Crippen LogP contribution in [0.4, 0.5) is 5.82 Å². The molecule has 19 heavy (non-hydrogen) atoms. The number of nitrogens with zero attached hydrogens (tertiary/aromatic N) is 1. The van der Waals surface area contributed by atoms with Crippen molar-refractivity contribution in [1.82, 2.24) is 10.3 Å². The Labute approximate surface area is 113 Å². The maximum Gasteiger partial charge on any atom is 0.251 e. The number of aromatic nitrogens is 1. The average Bonchev–Trinajstić information content (AvgIpc) is 2.85. The molecular weight excluding hydrogens is 242 g/mol. The number of carbonyl (C=O) groups is 1. The number of amides is 1. The molecule has 0 saturated heterocycles. The van der Waals surface area contributed by atoms with Crippen molar-refractivity contribution in [2.24, 2.45) is 0 Å². The number of nitrogen functional groups attached to an aromatic ring is 1. The number of pyridine rings is 1. The average molecular weight is 263 g/mol. The van der Waals surface area contributed by atoms with Gasteiger partial charge in [0.2, 0.25) is 0 Å². The molecule has 1 heterocycles. The highest BCUT2D eigenvalue weighted by Gasteiger charge is 2.28. The molecule has 0 bridgehead atoms. The number of anilines is 1. The van der Waals surface area contributed by atoms with E-state index in [1.165, 1.54) is 0 Å². The number of hydrogen-bond donors (Lipinski definition) is 2. The molecule has 1 saturated carbocycles. The lowest BCUT2D eigenvalue weighted by molar-refractivity contribution is 0.0722. The van der Waals surface area contributed by atoms with Crippen molar-refractivity contribution in [1.29, 1.82) is 0 Å². The molecule has 2 atom stereocenters. The first-order chi connectivity index (χ1) is 9.13. The van der Waals surface area contributed by atoms with Gasteiger partial charge in [0.05, 0.1) is 12.1 Å². The van der Waals surface area contributed by atoms with Crippen LogP contribution >= 0.6 is 0 Å². The predicted molar refractivity (Wildman–Crippen MR) is 73.9 cm³/mol. The summed E-state index contributed by atoms with van der Waals surface area (Å²) in [5.41, 5.74) is 7.13. The van der Waals surface area contributed by atoms with Gasteiger partial charge < -0.3 is 15.8 Å². The summed E-state index contributed by atoms with van der Waals surface area (Å²) in [6, 6.07) is 3.50. The number of hydrogen-bond acceptors (Lipinski definition) is 4. The number of nitrogens with two attached hydrogens (primary N) is 1. The maximum absolute atomic E-state index is 12.2. The number of nitrogens with one attached hydrogen (secondary N) is 1. The van der Waals surface area contributed by atoms with Crippen molar-refractivity contribution in [2.75, 3.05) is 12.8 Å². The molecule has 0 spiro atoms. The molecule has 104 valence electrons. The largest absolute Gasteiger partial charge is 0.384 e. The topological polar surface area (TPSA) is 77.2 Å². The van der Waals surface area contributed by atoms with Crippen LogP contribution in [0.3, 0.4) is 0 Å². The van der Waals surface area contributed by atoms with Crippen LogP contribution in [0.15, 0.2) is 12.1 Å². The summed E-state index contributed by atoms with van der Waals surface area (Å²) >= 11 is 0. The lowest BCUT2D eigenvalue weighted by Gasteiger charge is -2.19. The van der Waals surface area contributed by atoms with Crippen molar-refractivity contribution in [2.45, 2.75) is 44.8 Å². The number of rotatable bonds is 4. The third kappa shape index (κ3) is 3.23. The molecule has 1 aliphatic rings. The van der Waals surface area contributed by atoms with Crippen LogP contribution < -0.4 is 11.1 Å². The molecule has 0 aromatic carbocycles. The molecule has 1 fully saturated rings. The summed E-state index contributed by atoms with van der Waals surface area (Å²) in [6.07, 6.45) is 3.93. The molecule has 5 heteroatoms. The van der Waals surface area contributed by atoms with E-state index >= 15 is 0 Å². The van der Waals surface area contributed by atoms with E-state index in [0.29, 0.717) is 11.4 Å². The molecule has 1 aromatic rings. The van der Waals surface area contributed by atoms with Gasteiger partial charge in [0.1, 0.15) is 5.82 Å². The van der Waals surface area contributed by atoms with Gasteiger partial charge in [-0.25, -0.2) is 4.98 Å². The highest BCUT2D eigenvalue weighted by Crippen LogP contribution is 2.22. The second kappa shape index (κ2) is 6.02. The van der Waals surface area contributed by atoms with Gasteiger partial charge in [-0.05, 0) is 37.8 Å². The molecule has 0 radical (unpaired) electrons. The summed E-state index contributed by atoms with van der Waals surface area (Å²) in [7, 11) is 1.69. The Balaban J connectivity index is 2.09. The fraction of sp³-hybridized carbons (Fsp3) is 0.571. The van der Waals surface area contributed by atoms with E-state index in [1.54, 1.807) is 19.2 Å². The standard InChI is InChI=1S/C14H21N3O2/c1-3-10-7-9(8-13(15)16-10)14(18)17-11-5-4-6-12(11)19-2/h7-8,11-12H,3-6H2,1-2H3,(H2,15,16)(H,17,18). The zero-order valence-electron chi connectivity index (χ0n) is 11.5. The van der Waals surface area contributed by atoms with Crippen LogP contribution in [0.1, 0.15) is 42.2 Å². The van der Waals surface area contributed by atoms with Gasteiger partial charge in [0.15, 0.2) is 0 Å². The summed E-state index contributed by atoms with van der Waals surface area (Å²) in [4.78, 5) is 16.4. The smallest absolute Gasteiger partial charge is 0.251 e. The minimum Gasteiger partial charge on any atom is -0.384 e. The minimum absolute atomic E-state index is 0.0944. The van der Waals surface area contributed by atoms with E-state index < -0.39 is 0 Å². The number of methoxy groups -OCH3 is 1. The van der Waals surface area contributed by atoms with Gasteiger partial charge in [0, 0.05) is 18.4 Å². The normalized spacial score (nSPS) is 22.4. The Morgan fingerprint density at radius 1 is 1.53 bits per heavy atom. The maximum atomic E-state index is 12.2. The zero-order chi connectivity index (χ0) is 13.8. The second-order valence-electron chi connectivity index (χ2n) is 4.91. The van der Waals surface area contributed by atoms with E-state index in [2.05, 4.69) is 10.3 Å². The first-order valence-electron chi connectivity index (χ1n) is 6.74. The monoisotopic (exact) mass is 263 g/mol. The summed E-state index contributed by atoms with van der Waals surface area (Å²) in [5.74, 6) is 0.289. The Morgan fingerprint density at radius 2 is 2.32 bits per heavy atom. The Kier molecular flexibility index (Phi) is 4.37. The number of ether oxygens (including phenoxy) is 1. The summed E-state index contributed by atoms with van der Waals surface area (Å²) in [5, 5.41) is 3.03. The number of carbonyl (C=O) groups excluding carboxylic acids is 1. The van der Waals surface area contributed by atoms with E-state index in [0.717, 1.165) is 31.4 Å². The van der Waals surface area contributed by atoms with Crippen molar-refractivity contribution < 1.29 is 9.53 Å². The highest BCUT2D eigenvalue weighted by molar-refractivity contribution is 5.95. The molecule has 0 aliphatic heterocycles. The summed E-state index contributed by atoms with van der Waals surface area (Å²) < 4.78 is 5.38. The van der Waals surface area contributed by atoms with Crippen molar-refractivity contribution in [3.63, 3.8) is 0 Å². The molecule has 5 nitrogen and oxygen atoms in total. The van der Waals surface area contributed by atoms with Gasteiger partial charge in [-0.2, -0.15) is 0 Å².